The number of benzene rings is 2. The van der Waals surface area contributed by atoms with Gasteiger partial charge in [-0.1, -0.05) is 48.5 Å². The van der Waals surface area contributed by atoms with Gasteiger partial charge in [0.25, 0.3) is 5.91 Å². The molecule has 3 heteroatoms. The highest BCUT2D eigenvalue weighted by Crippen LogP contribution is 2.30. The molecule has 4 rings (SSSR count). The number of pyridine rings is 1. The van der Waals surface area contributed by atoms with Crippen LogP contribution in [0.25, 0.3) is 10.9 Å². The predicted octanol–water partition coefficient (Wildman–Crippen LogP) is 3.70. The maximum atomic E-state index is 12.8. The molecule has 3 aromatic rings. The van der Waals surface area contributed by atoms with E-state index in [1.54, 1.807) is 0 Å². The number of aryl methyl sites for hydroxylation is 1. The molecule has 1 aliphatic rings. The molecule has 2 aromatic carbocycles. The molecule has 0 bridgehead atoms. The van der Waals surface area contributed by atoms with Gasteiger partial charge in [0.05, 0.1) is 23.3 Å². The molecule has 1 amide bonds. The maximum Gasteiger partial charge on any atom is 0.256 e. The second kappa shape index (κ2) is 4.95. The first-order valence-corrected chi connectivity index (χ1v) is 7.45. The summed E-state index contributed by atoms with van der Waals surface area (Å²) in [6.07, 6.45) is 0. The summed E-state index contributed by atoms with van der Waals surface area (Å²) in [5, 5.41) is 1.07. The van der Waals surface area contributed by atoms with Gasteiger partial charge in [0.1, 0.15) is 0 Å². The lowest BCUT2D eigenvalue weighted by atomic mass is 10.0. The van der Waals surface area contributed by atoms with Crippen LogP contribution in [0.1, 0.15) is 27.2 Å². The third kappa shape index (κ3) is 1.98. The van der Waals surface area contributed by atoms with E-state index in [0.29, 0.717) is 13.1 Å². The van der Waals surface area contributed by atoms with Gasteiger partial charge >= 0.3 is 0 Å². The van der Waals surface area contributed by atoms with E-state index in [0.717, 1.165) is 33.3 Å². The zero-order chi connectivity index (χ0) is 15.1. The quantitative estimate of drug-likeness (QED) is 0.720. The first kappa shape index (κ1) is 13.0. The summed E-state index contributed by atoms with van der Waals surface area (Å²) in [5.74, 6) is 0.0922. The Kier molecular flexibility index (Phi) is 2.93. The molecule has 0 fully saturated rings. The summed E-state index contributed by atoms with van der Waals surface area (Å²) in [6, 6.07) is 18.1. The van der Waals surface area contributed by atoms with Crippen LogP contribution in [-0.2, 0) is 13.1 Å². The molecule has 0 aliphatic carbocycles. The molecule has 108 valence electrons. The van der Waals surface area contributed by atoms with Crippen LogP contribution in [0.2, 0.25) is 0 Å². The Bertz CT molecular complexity index is 871. The molecule has 3 nitrogen and oxygen atoms in total. The van der Waals surface area contributed by atoms with Gasteiger partial charge in [-0.15, -0.1) is 0 Å². The van der Waals surface area contributed by atoms with Crippen LogP contribution in [0.15, 0.2) is 54.6 Å². The number of hydrogen-bond acceptors (Lipinski definition) is 2. The van der Waals surface area contributed by atoms with Gasteiger partial charge in [-0.05, 0) is 24.1 Å². The molecule has 0 N–H and O–H groups in total. The van der Waals surface area contributed by atoms with Crippen LogP contribution in [-0.4, -0.2) is 15.8 Å². The summed E-state index contributed by atoms with van der Waals surface area (Å²) in [7, 11) is 0. The van der Waals surface area contributed by atoms with Crippen molar-refractivity contribution >= 4 is 16.8 Å². The predicted molar refractivity (Wildman–Crippen MR) is 86.5 cm³/mol. The van der Waals surface area contributed by atoms with Gasteiger partial charge in [-0.3, -0.25) is 9.78 Å². The molecule has 0 spiro atoms. The van der Waals surface area contributed by atoms with Crippen molar-refractivity contribution in [1.82, 2.24) is 9.88 Å². The number of rotatable bonds is 2. The Hall–Kier alpha value is -2.68. The molecule has 22 heavy (non-hydrogen) atoms. The maximum absolute atomic E-state index is 12.8. The van der Waals surface area contributed by atoms with E-state index >= 15 is 0 Å². The van der Waals surface area contributed by atoms with E-state index in [1.165, 1.54) is 0 Å². The summed E-state index contributed by atoms with van der Waals surface area (Å²) in [4.78, 5) is 19.3. The van der Waals surface area contributed by atoms with Crippen molar-refractivity contribution in [2.75, 3.05) is 0 Å². The summed E-state index contributed by atoms with van der Waals surface area (Å²) in [6.45, 7) is 3.24. The SMILES string of the molecule is Cc1c2c(nc3ccccc13)CN(Cc1ccccc1)C2=O. The number of para-hydroxylation sites is 1. The summed E-state index contributed by atoms with van der Waals surface area (Å²) >= 11 is 0. The largest absolute Gasteiger partial charge is 0.328 e. The van der Waals surface area contributed by atoms with Gasteiger partial charge in [0, 0.05) is 11.9 Å². The Morgan fingerprint density at radius 1 is 1.05 bits per heavy atom. The molecule has 0 saturated heterocycles. The average molecular weight is 288 g/mol. The van der Waals surface area contributed by atoms with Gasteiger partial charge < -0.3 is 4.90 Å². The van der Waals surface area contributed by atoms with Crippen molar-refractivity contribution in [1.29, 1.82) is 0 Å². The molecule has 0 radical (unpaired) electrons. The van der Waals surface area contributed by atoms with Crippen LogP contribution in [0.5, 0.6) is 0 Å². The monoisotopic (exact) mass is 288 g/mol. The zero-order valence-electron chi connectivity index (χ0n) is 12.4. The Morgan fingerprint density at radius 3 is 2.59 bits per heavy atom. The van der Waals surface area contributed by atoms with E-state index < -0.39 is 0 Å². The number of nitrogens with zero attached hydrogens (tertiary/aromatic N) is 2. The Balaban J connectivity index is 1.75. The van der Waals surface area contributed by atoms with Crippen molar-refractivity contribution < 1.29 is 4.79 Å². The third-order valence-corrected chi connectivity index (χ3v) is 4.29. The fraction of sp³-hybridized carbons (Fsp3) is 0.158. The summed E-state index contributed by atoms with van der Waals surface area (Å²) < 4.78 is 0. The second-order valence-corrected chi connectivity index (χ2v) is 5.72. The first-order valence-electron chi connectivity index (χ1n) is 7.45. The minimum atomic E-state index is 0.0922. The molecule has 0 atom stereocenters. The number of amides is 1. The van der Waals surface area contributed by atoms with Crippen molar-refractivity contribution in [3.8, 4) is 0 Å². The highest BCUT2D eigenvalue weighted by molar-refractivity contribution is 6.03. The van der Waals surface area contributed by atoms with Crippen LogP contribution >= 0.6 is 0 Å². The van der Waals surface area contributed by atoms with Crippen LogP contribution in [0.4, 0.5) is 0 Å². The van der Waals surface area contributed by atoms with E-state index in [2.05, 4.69) is 0 Å². The average Bonchev–Trinajstić information content (AvgIpc) is 2.85. The van der Waals surface area contributed by atoms with Crippen molar-refractivity contribution in [2.24, 2.45) is 0 Å². The van der Waals surface area contributed by atoms with Gasteiger partial charge in [-0.2, -0.15) is 0 Å². The highest BCUT2D eigenvalue weighted by Gasteiger charge is 2.31. The normalized spacial score (nSPS) is 13.7. The lowest BCUT2D eigenvalue weighted by Gasteiger charge is -2.15. The molecule has 2 heterocycles. The molecule has 1 aliphatic heterocycles. The first-order chi connectivity index (χ1) is 10.7. The van der Waals surface area contributed by atoms with Gasteiger partial charge in [-0.25, -0.2) is 0 Å². The van der Waals surface area contributed by atoms with Crippen LogP contribution in [0, 0.1) is 6.92 Å². The number of carbonyl (C=O) groups is 1. The molecule has 1 aromatic heterocycles. The number of carbonyl (C=O) groups excluding carboxylic acids is 1. The van der Waals surface area contributed by atoms with E-state index in [4.69, 9.17) is 4.98 Å². The number of fused-ring (bicyclic) bond motifs is 2. The zero-order valence-corrected chi connectivity index (χ0v) is 12.4. The van der Waals surface area contributed by atoms with Crippen molar-refractivity contribution in [2.45, 2.75) is 20.0 Å². The number of hydrogen-bond donors (Lipinski definition) is 0. The van der Waals surface area contributed by atoms with Gasteiger partial charge in [0.2, 0.25) is 0 Å². The lowest BCUT2D eigenvalue weighted by molar-refractivity contribution is 0.0766. The van der Waals surface area contributed by atoms with E-state index in [9.17, 15) is 4.79 Å². The minimum absolute atomic E-state index is 0.0922. The Morgan fingerprint density at radius 2 is 1.77 bits per heavy atom. The van der Waals surface area contributed by atoms with Crippen molar-refractivity contribution in [3.05, 3.63) is 77.0 Å². The molecular formula is C19H16N2O. The van der Waals surface area contributed by atoms with E-state index in [1.807, 2.05) is 66.4 Å². The smallest absolute Gasteiger partial charge is 0.256 e. The van der Waals surface area contributed by atoms with Crippen LogP contribution in [0.3, 0.4) is 0 Å². The highest BCUT2D eigenvalue weighted by atomic mass is 16.2. The molecule has 0 saturated carbocycles. The summed E-state index contributed by atoms with van der Waals surface area (Å²) in [5.41, 5.74) is 4.84. The van der Waals surface area contributed by atoms with Crippen molar-refractivity contribution in [3.63, 3.8) is 0 Å². The van der Waals surface area contributed by atoms with E-state index in [-0.39, 0.29) is 5.91 Å². The molecular weight excluding hydrogens is 272 g/mol. The standard InChI is InChI=1S/C19H16N2O/c1-13-15-9-5-6-10-16(15)20-17-12-21(19(22)18(13)17)11-14-7-3-2-4-8-14/h2-10H,11-12H2,1H3. The minimum Gasteiger partial charge on any atom is -0.328 e. The number of aromatic nitrogens is 1. The third-order valence-electron chi connectivity index (χ3n) is 4.29. The second-order valence-electron chi connectivity index (χ2n) is 5.72. The fourth-order valence-corrected chi connectivity index (χ4v) is 3.18. The molecule has 0 unspecified atom stereocenters. The lowest BCUT2D eigenvalue weighted by Crippen LogP contribution is -2.23. The topological polar surface area (TPSA) is 33.2 Å². The Labute approximate surface area is 129 Å². The van der Waals surface area contributed by atoms with Crippen LogP contribution < -0.4 is 0 Å². The van der Waals surface area contributed by atoms with Gasteiger partial charge in [0.15, 0.2) is 0 Å². The fourth-order valence-electron chi connectivity index (χ4n) is 3.18.